The molecule has 3 atom stereocenters. The molecule has 1 fully saturated rings. The van der Waals surface area contributed by atoms with Crippen molar-refractivity contribution in [3.63, 3.8) is 0 Å². The number of hydrogen-bond donors (Lipinski definition) is 1. The predicted octanol–water partition coefficient (Wildman–Crippen LogP) is 2.65. The summed E-state index contributed by atoms with van der Waals surface area (Å²) in [5, 5.41) is 0. The molecule has 1 saturated heterocycles. The standard InChI is InChI=1S/C14H21NO2/c1-10-7-8-12(17-10)9-16-14-6-4-3-5-13(14)11(2)15/h3-6,10-12H,7-9,15H2,1-2H3. The molecule has 3 heteroatoms. The summed E-state index contributed by atoms with van der Waals surface area (Å²) in [5.74, 6) is 0.880. The average Bonchev–Trinajstić information content (AvgIpc) is 2.73. The van der Waals surface area contributed by atoms with Crippen molar-refractivity contribution in [3.8, 4) is 5.75 Å². The van der Waals surface area contributed by atoms with Gasteiger partial charge in [-0.05, 0) is 32.8 Å². The Morgan fingerprint density at radius 3 is 2.82 bits per heavy atom. The summed E-state index contributed by atoms with van der Waals surface area (Å²) in [6.07, 6.45) is 2.81. The van der Waals surface area contributed by atoms with E-state index in [0.29, 0.717) is 12.7 Å². The lowest BCUT2D eigenvalue weighted by Crippen LogP contribution is -2.19. The maximum Gasteiger partial charge on any atom is 0.124 e. The molecule has 0 bridgehead atoms. The molecule has 0 saturated carbocycles. The smallest absolute Gasteiger partial charge is 0.124 e. The van der Waals surface area contributed by atoms with Crippen LogP contribution in [0.5, 0.6) is 5.75 Å². The molecule has 0 radical (unpaired) electrons. The largest absolute Gasteiger partial charge is 0.491 e. The van der Waals surface area contributed by atoms with E-state index in [-0.39, 0.29) is 12.1 Å². The van der Waals surface area contributed by atoms with Crippen LogP contribution < -0.4 is 10.5 Å². The molecule has 17 heavy (non-hydrogen) atoms. The van der Waals surface area contributed by atoms with Gasteiger partial charge in [0.15, 0.2) is 0 Å². The van der Waals surface area contributed by atoms with Crippen molar-refractivity contribution in [2.75, 3.05) is 6.61 Å². The van der Waals surface area contributed by atoms with Gasteiger partial charge >= 0.3 is 0 Å². The van der Waals surface area contributed by atoms with Crippen molar-refractivity contribution >= 4 is 0 Å². The first-order chi connectivity index (χ1) is 8.16. The van der Waals surface area contributed by atoms with Crippen LogP contribution >= 0.6 is 0 Å². The van der Waals surface area contributed by atoms with E-state index < -0.39 is 0 Å². The maximum absolute atomic E-state index is 5.91. The van der Waals surface area contributed by atoms with Gasteiger partial charge in [-0.25, -0.2) is 0 Å². The summed E-state index contributed by atoms with van der Waals surface area (Å²) in [7, 11) is 0. The molecule has 0 spiro atoms. The van der Waals surface area contributed by atoms with Crippen LogP contribution in [0, 0.1) is 0 Å². The lowest BCUT2D eigenvalue weighted by molar-refractivity contribution is 0.0262. The lowest BCUT2D eigenvalue weighted by atomic mass is 10.1. The van der Waals surface area contributed by atoms with E-state index in [1.54, 1.807) is 0 Å². The summed E-state index contributed by atoms with van der Waals surface area (Å²) in [5.41, 5.74) is 6.96. The number of benzene rings is 1. The van der Waals surface area contributed by atoms with Crippen molar-refractivity contribution in [1.29, 1.82) is 0 Å². The second-order valence-electron chi connectivity index (χ2n) is 4.78. The molecule has 0 aromatic heterocycles. The molecule has 94 valence electrons. The second kappa shape index (κ2) is 5.52. The maximum atomic E-state index is 5.91. The molecule has 1 aliphatic heterocycles. The number of rotatable bonds is 4. The molecule has 2 N–H and O–H groups in total. The quantitative estimate of drug-likeness (QED) is 0.872. The van der Waals surface area contributed by atoms with Gasteiger partial charge in [-0.3, -0.25) is 0 Å². The normalized spacial score (nSPS) is 25.8. The van der Waals surface area contributed by atoms with Gasteiger partial charge < -0.3 is 15.2 Å². The fourth-order valence-corrected chi connectivity index (χ4v) is 2.18. The van der Waals surface area contributed by atoms with E-state index in [1.165, 1.54) is 0 Å². The number of nitrogens with two attached hydrogens (primary N) is 1. The van der Waals surface area contributed by atoms with Crippen molar-refractivity contribution in [1.82, 2.24) is 0 Å². The molecule has 3 nitrogen and oxygen atoms in total. The topological polar surface area (TPSA) is 44.5 Å². The third-order valence-electron chi connectivity index (χ3n) is 3.15. The zero-order valence-electron chi connectivity index (χ0n) is 10.6. The Balaban J connectivity index is 1.94. The monoisotopic (exact) mass is 235 g/mol. The summed E-state index contributed by atoms with van der Waals surface area (Å²) in [6, 6.07) is 7.93. The van der Waals surface area contributed by atoms with Gasteiger partial charge in [-0.1, -0.05) is 18.2 Å². The van der Waals surface area contributed by atoms with Crippen LogP contribution in [0.1, 0.15) is 38.3 Å². The van der Waals surface area contributed by atoms with E-state index in [9.17, 15) is 0 Å². The van der Waals surface area contributed by atoms with Crippen molar-refractivity contribution in [2.24, 2.45) is 5.73 Å². The van der Waals surface area contributed by atoms with Gasteiger partial charge in [-0.15, -0.1) is 0 Å². The Labute approximate surface area is 103 Å². The number of para-hydroxylation sites is 1. The van der Waals surface area contributed by atoms with Gasteiger partial charge in [0.1, 0.15) is 12.4 Å². The summed E-state index contributed by atoms with van der Waals surface area (Å²) in [4.78, 5) is 0. The van der Waals surface area contributed by atoms with Crippen LogP contribution in [0.25, 0.3) is 0 Å². The molecule has 1 aromatic rings. The molecule has 1 aromatic carbocycles. The van der Waals surface area contributed by atoms with Crippen LogP contribution in [0.3, 0.4) is 0 Å². The Hall–Kier alpha value is -1.06. The Morgan fingerprint density at radius 2 is 2.18 bits per heavy atom. The van der Waals surface area contributed by atoms with Crippen LogP contribution in [-0.4, -0.2) is 18.8 Å². The van der Waals surface area contributed by atoms with Crippen molar-refractivity contribution in [3.05, 3.63) is 29.8 Å². The van der Waals surface area contributed by atoms with Crippen LogP contribution in [0.15, 0.2) is 24.3 Å². The van der Waals surface area contributed by atoms with Crippen molar-refractivity contribution < 1.29 is 9.47 Å². The van der Waals surface area contributed by atoms with E-state index in [4.69, 9.17) is 15.2 Å². The van der Waals surface area contributed by atoms with E-state index in [2.05, 4.69) is 6.92 Å². The molecule has 1 aliphatic rings. The lowest BCUT2D eigenvalue weighted by Gasteiger charge is -2.16. The van der Waals surface area contributed by atoms with Crippen LogP contribution in [0.4, 0.5) is 0 Å². The minimum atomic E-state index is -0.00498. The third-order valence-corrected chi connectivity index (χ3v) is 3.15. The SMILES string of the molecule is CC1CCC(COc2ccccc2C(C)N)O1. The zero-order valence-corrected chi connectivity index (χ0v) is 10.6. The van der Waals surface area contributed by atoms with Gasteiger partial charge in [-0.2, -0.15) is 0 Å². The number of hydrogen-bond acceptors (Lipinski definition) is 3. The first kappa shape index (κ1) is 12.4. The third kappa shape index (κ3) is 3.20. The minimum absolute atomic E-state index is 0.00498. The Kier molecular flexibility index (Phi) is 4.02. The van der Waals surface area contributed by atoms with Crippen LogP contribution in [0.2, 0.25) is 0 Å². The van der Waals surface area contributed by atoms with Crippen LogP contribution in [-0.2, 0) is 4.74 Å². The highest BCUT2D eigenvalue weighted by Gasteiger charge is 2.22. The van der Waals surface area contributed by atoms with Gasteiger partial charge in [0, 0.05) is 11.6 Å². The fraction of sp³-hybridized carbons (Fsp3) is 0.571. The highest BCUT2D eigenvalue weighted by Crippen LogP contribution is 2.25. The van der Waals surface area contributed by atoms with Gasteiger partial charge in [0.05, 0.1) is 12.2 Å². The highest BCUT2D eigenvalue weighted by atomic mass is 16.5. The molecule has 0 amide bonds. The predicted molar refractivity (Wildman–Crippen MR) is 68.1 cm³/mol. The summed E-state index contributed by atoms with van der Waals surface area (Å²) in [6.45, 7) is 4.69. The first-order valence-corrected chi connectivity index (χ1v) is 6.29. The van der Waals surface area contributed by atoms with Gasteiger partial charge in [0.25, 0.3) is 0 Å². The Bertz CT molecular complexity index is 365. The molecule has 0 aliphatic carbocycles. The van der Waals surface area contributed by atoms with E-state index in [0.717, 1.165) is 24.2 Å². The molecular weight excluding hydrogens is 214 g/mol. The minimum Gasteiger partial charge on any atom is -0.491 e. The highest BCUT2D eigenvalue weighted by molar-refractivity contribution is 5.35. The second-order valence-corrected chi connectivity index (χ2v) is 4.78. The summed E-state index contributed by atoms with van der Waals surface area (Å²) < 4.78 is 11.6. The summed E-state index contributed by atoms with van der Waals surface area (Å²) >= 11 is 0. The van der Waals surface area contributed by atoms with E-state index in [1.807, 2.05) is 31.2 Å². The fourth-order valence-electron chi connectivity index (χ4n) is 2.18. The average molecular weight is 235 g/mol. The Morgan fingerprint density at radius 1 is 1.41 bits per heavy atom. The zero-order chi connectivity index (χ0) is 12.3. The molecule has 3 unspecified atom stereocenters. The van der Waals surface area contributed by atoms with Crippen molar-refractivity contribution in [2.45, 2.75) is 44.9 Å². The van der Waals surface area contributed by atoms with E-state index >= 15 is 0 Å². The van der Waals surface area contributed by atoms with Gasteiger partial charge in [0.2, 0.25) is 0 Å². The molecule has 2 rings (SSSR count). The first-order valence-electron chi connectivity index (χ1n) is 6.29. The molecular formula is C14H21NO2. The number of ether oxygens (including phenoxy) is 2. The molecule has 1 heterocycles.